The van der Waals surface area contributed by atoms with E-state index in [2.05, 4.69) is 39.3 Å². The monoisotopic (exact) mass is 445 g/mol. The summed E-state index contributed by atoms with van der Waals surface area (Å²) < 4.78 is 0. The largest absolute Gasteiger partial charge is 0.352 e. The number of rotatable bonds is 11. The maximum atomic E-state index is 12.6. The lowest BCUT2D eigenvalue weighted by Gasteiger charge is -2.17. The fraction of sp³-hybridized carbons (Fsp3) is 0.308. The van der Waals surface area contributed by atoms with Gasteiger partial charge in [-0.15, -0.1) is 0 Å². The Morgan fingerprint density at radius 2 is 1.58 bits per heavy atom. The molecule has 1 aromatic heterocycles. The van der Waals surface area contributed by atoms with Crippen LogP contribution in [0, 0.1) is 0 Å². The molecule has 2 amide bonds. The second-order valence-corrected chi connectivity index (χ2v) is 7.76. The predicted molar refractivity (Wildman–Crippen MR) is 130 cm³/mol. The molecule has 2 N–H and O–H groups in total. The van der Waals surface area contributed by atoms with Crippen LogP contribution in [0.25, 0.3) is 0 Å². The van der Waals surface area contributed by atoms with Crippen LogP contribution in [0.4, 0.5) is 5.82 Å². The molecule has 3 aromatic rings. The third kappa shape index (κ3) is 7.50. The van der Waals surface area contributed by atoms with Crippen LogP contribution in [0.5, 0.6) is 0 Å². The van der Waals surface area contributed by atoms with Crippen molar-refractivity contribution in [3.63, 3.8) is 0 Å². The second kappa shape index (κ2) is 12.5. The Morgan fingerprint density at radius 3 is 2.18 bits per heavy atom. The number of carbonyl (C=O) groups excluding carboxylic acids is 2. The summed E-state index contributed by atoms with van der Waals surface area (Å²) in [6.45, 7) is 7.98. The summed E-state index contributed by atoms with van der Waals surface area (Å²) in [7, 11) is 0. The van der Waals surface area contributed by atoms with E-state index in [1.54, 1.807) is 18.3 Å². The van der Waals surface area contributed by atoms with E-state index >= 15 is 0 Å². The molecule has 0 aliphatic heterocycles. The van der Waals surface area contributed by atoms with Gasteiger partial charge < -0.3 is 15.5 Å². The molecule has 0 saturated heterocycles. The first-order chi connectivity index (χ1) is 16.1. The number of hydrogen-bond donors (Lipinski definition) is 2. The zero-order chi connectivity index (χ0) is 23.5. The first kappa shape index (κ1) is 24.1. The Labute approximate surface area is 195 Å². The minimum absolute atomic E-state index is 0.0608. The first-order valence-electron chi connectivity index (χ1n) is 11.3. The molecule has 0 radical (unpaired) electrons. The summed E-state index contributed by atoms with van der Waals surface area (Å²) in [5, 5.41) is 5.78. The summed E-state index contributed by atoms with van der Waals surface area (Å²) >= 11 is 0. The maximum absolute atomic E-state index is 12.6. The van der Waals surface area contributed by atoms with Crippen LogP contribution >= 0.6 is 0 Å². The Balaban J connectivity index is 1.58. The van der Waals surface area contributed by atoms with E-state index < -0.39 is 0 Å². The highest BCUT2D eigenvalue weighted by atomic mass is 16.2. The van der Waals surface area contributed by atoms with Gasteiger partial charge in [0.1, 0.15) is 12.1 Å². The Bertz CT molecular complexity index is 1050. The van der Waals surface area contributed by atoms with Gasteiger partial charge in [-0.3, -0.25) is 9.59 Å². The van der Waals surface area contributed by atoms with Crippen LogP contribution < -0.4 is 10.6 Å². The van der Waals surface area contributed by atoms with Crippen LogP contribution in [0.3, 0.4) is 0 Å². The molecule has 33 heavy (non-hydrogen) atoms. The number of hydrogen-bond acceptors (Lipinski definition) is 5. The molecule has 0 spiro atoms. The minimum Gasteiger partial charge on any atom is -0.352 e. The Morgan fingerprint density at radius 1 is 0.909 bits per heavy atom. The zero-order valence-electron chi connectivity index (χ0n) is 19.3. The van der Waals surface area contributed by atoms with Crippen molar-refractivity contribution in [2.24, 2.45) is 0 Å². The van der Waals surface area contributed by atoms with Gasteiger partial charge in [0.05, 0.1) is 0 Å². The van der Waals surface area contributed by atoms with Crippen molar-refractivity contribution in [3.05, 3.63) is 89.4 Å². The number of nitrogens with one attached hydrogen (secondary N) is 2. The molecule has 7 heteroatoms. The van der Waals surface area contributed by atoms with Gasteiger partial charge in [0.25, 0.3) is 11.8 Å². The van der Waals surface area contributed by atoms with Gasteiger partial charge in [-0.1, -0.05) is 38.1 Å². The van der Waals surface area contributed by atoms with E-state index in [4.69, 9.17) is 0 Å². The quantitative estimate of drug-likeness (QED) is 0.439. The Kier molecular flexibility index (Phi) is 9.08. The molecule has 0 fully saturated rings. The highest BCUT2D eigenvalue weighted by Crippen LogP contribution is 2.14. The van der Waals surface area contributed by atoms with Crippen molar-refractivity contribution < 1.29 is 9.59 Å². The lowest BCUT2D eigenvalue weighted by molar-refractivity contribution is 0.0951. The molecule has 172 valence electrons. The lowest BCUT2D eigenvalue weighted by atomic mass is 10.0. The summed E-state index contributed by atoms with van der Waals surface area (Å²) in [6, 6.07) is 16.7. The molecular formula is C26H31N5O2. The van der Waals surface area contributed by atoms with Crippen molar-refractivity contribution in [2.45, 2.75) is 26.7 Å². The highest BCUT2D eigenvalue weighted by Gasteiger charge is 2.10. The van der Waals surface area contributed by atoms with Gasteiger partial charge in [-0.2, -0.15) is 0 Å². The summed E-state index contributed by atoms with van der Waals surface area (Å²) in [4.78, 5) is 35.3. The number of anilines is 1. The van der Waals surface area contributed by atoms with Gasteiger partial charge >= 0.3 is 0 Å². The smallest absolute Gasteiger partial charge is 0.256 e. The average molecular weight is 446 g/mol. The molecule has 0 unspecified atom stereocenters. The lowest BCUT2D eigenvalue weighted by Crippen LogP contribution is -2.29. The standard InChI is InChI=1S/C26H31N5O2/c1-3-31(4-2)15-7-13-28-25(32)22-10-5-8-20(17-22)16-21-9-6-11-23(18-21)26(33)30-24-12-14-27-19-29-24/h5-6,8-12,14,17-19H,3-4,7,13,15-16H2,1-2H3,(H,28,32)(H,27,29,30,33). The van der Waals surface area contributed by atoms with Crippen LogP contribution in [0.15, 0.2) is 67.1 Å². The predicted octanol–water partition coefficient (Wildman–Crippen LogP) is 3.78. The number of amides is 2. The van der Waals surface area contributed by atoms with E-state index in [9.17, 15) is 9.59 Å². The number of benzene rings is 2. The molecule has 7 nitrogen and oxygen atoms in total. The molecule has 0 atom stereocenters. The number of carbonyl (C=O) groups is 2. The molecule has 3 rings (SSSR count). The van der Waals surface area contributed by atoms with E-state index in [0.29, 0.717) is 29.9 Å². The van der Waals surface area contributed by atoms with Crippen molar-refractivity contribution in [3.8, 4) is 0 Å². The number of aromatic nitrogens is 2. The van der Waals surface area contributed by atoms with Gasteiger partial charge in [-0.25, -0.2) is 9.97 Å². The van der Waals surface area contributed by atoms with Crippen LogP contribution in [0.2, 0.25) is 0 Å². The van der Waals surface area contributed by atoms with Crippen LogP contribution in [-0.4, -0.2) is 52.9 Å². The van der Waals surface area contributed by atoms with Crippen LogP contribution in [0.1, 0.15) is 52.1 Å². The second-order valence-electron chi connectivity index (χ2n) is 7.76. The van der Waals surface area contributed by atoms with Crippen molar-refractivity contribution in [2.75, 3.05) is 31.5 Å². The molecule has 1 heterocycles. The summed E-state index contributed by atoms with van der Waals surface area (Å²) in [6.07, 6.45) is 4.52. The van der Waals surface area contributed by atoms with Gasteiger partial charge in [0, 0.05) is 23.9 Å². The van der Waals surface area contributed by atoms with Gasteiger partial charge in [0.2, 0.25) is 0 Å². The third-order valence-corrected chi connectivity index (χ3v) is 5.44. The van der Waals surface area contributed by atoms with Gasteiger partial charge in [0.15, 0.2) is 0 Å². The first-order valence-corrected chi connectivity index (χ1v) is 11.3. The van der Waals surface area contributed by atoms with E-state index in [1.165, 1.54) is 6.33 Å². The highest BCUT2D eigenvalue weighted by molar-refractivity contribution is 6.03. The van der Waals surface area contributed by atoms with Crippen molar-refractivity contribution in [1.29, 1.82) is 0 Å². The van der Waals surface area contributed by atoms with E-state index in [1.807, 2.05) is 42.5 Å². The van der Waals surface area contributed by atoms with E-state index in [-0.39, 0.29) is 11.8 Å². The molecule has 0 saturated carbocycles. The van der Waals surface area contributed by atoms with Crippen molar-refractivity contribution in [1.82, 2.24) is 20.2 Å². The molecule has 0 bridgehead atoms. The molecule has 0 aliphatic rings. The fourth-order valence-corrected chi connectivity index (χ4v) is 3.58. The number of nitrogens with zero attached hydrogens (tertiary/aromatic N) is 3. The summed E-state index contributed by atoms with van der Waals surface area (Å²) in [5.41, 5.74) is 3.20. The average Bonchev–Trinajstić information content (AvgIpc) is 2.85. The minimum atomic E-state index is -0.228. The molecular weight excluding hydrogens is 414 g/mol. The van der Waals surface area contributed by atoms with Gasteiger partial charge in [-0.05, 0) is 73.9 Å². The molecule has 2 aromatic carbocycles. The zero-order valence-corrected chi connectivity index (χ0v) is 19.3. The summed E-state index contributed by atoms with van der Waals surface area (Å²) in [5.74, 6) is 0.166. The normalized spacial score (nSPS) is 10.8. The molecule has 0 aliphatic carbocycles. The van der Waals surface area contributed by atoms with Crippen LogP contribution in [-0.2, 0) is 6.42 Å². The third-order valence-electron chi connectivity index (χ3n) is 5.44. The van der Waals surface area contributed by atoms with Crippen molar-refractivity contribution >= 4 is 17.6 Å². The SMILES string of the molecule is CCN(CC)CCCNC(=O)c1cccc(Cc2cccc(C(=O)Nc3ccncn3)c2)c1. The maximum Gasteiger partial charge on any atom is 0.256 e. The topological polar surface area (TPSA) is 87.2 Å². The fourth-order valence-electron chi connectivity index (χ4n) is 3.58. The Hall–Kier alpha value is -3.58. The van der Waals surface area contributed by atoms with E-state index in [0.717, 1.165) is 37.2 Å².